The van der Waals surface area contributed by atoms with Crippen LogP contribution in [0.15, 0.2) is 29.8 Å². The Kier molecular flexibility index (Phi) is 6.72. The van der Waals surface area contributed by atoms with Gasteiger partial charge in [0.15, 0.2) is 5.82 Å². The van der Waals surface area contributed by atoms with Crippen molar-refractivity contribution in [3.05, 3.63) is 51.6 Å². The van der Waals surface area contributed by atoms with E-state index in [4.69, 9.17) is 21.1 Å². The molecule has 0 bridgehead atoms. The van der Waals surface area contributed by atoms with Crippen molar-refractivity contribution in [2.45, 2.75) is 44.3 Å². The van der Waals surface area contributed by atoms with E-state index in [1.54, 1.807) is 22.9 Å². The van der Waals surface area contributed by atoms with E-state index in [0.29, 0.717) is 27.5 Å². The van der Waals surface area contributed by atoms with Crippen LogP contribution >= 0.6 is 34.3 Å². The van der Waals surface area contributed by atoms with Crippen LogP contribution in [0.3, 0.4) is 0 Å². The molecule has 0 saturated carbocycles. The lowest BCUT2D eigenvalue weighted by Gasteiger charge is -2.43. The zero-order valence-electron chi connectivity index (χ0n) is 20.5. The zero-order chi connectivity index (χ0) is 26.6. The summed E-state index contributed by atoms with van der Waals surface area (Å²) in [5.41, 5.74) is 2.25. The van der Waals surface area contributed by atoms with Crippen LogP contribution < -0.4 is 0 Å². The molecule has 4 aromatic heterocycles. The summed E-state index contributed by atoms with van der Waals surface area (Å²) < 4.78 is 16.5. The van der Waals surface area contributed by atoms with Crippen molar-refractivity contribution >= 4 is 44.5 Å². The molecule has 15 heteroatoms. The van der Waals surface area contributed by atoms with Crippen molar-refractivity contribution < 1.29 is 19.7 Å². The first-order chi connectivity index (χ1) is 18.4. The maximum Gasteiger partial charge on any atom is 0.169 e. The van der Waals surface area contributed by atoms with Gasteiger partial charge in [0.25, 0.3) is 0 Å². The molecule has 1 aliphatic heterocycles. The van der Waals surface area contributed by atoms with E-state index in [9.17, 15) is 10.2 Å². The fourth-order valence-electron chi connectivity index (χ4n) is 4.81. The predicted molar refractivity (Wildman–Crippen MR) is 141 cm³/mol. The van der Waals surface area contributed by atoms with Gasteiger partial charge in [0.05, 0.1) is 33.7 Å². The van der Waals surface area contributed by atoms with Gasteiger partial charge in [-0.3, -0.25) is 4.57 Å². The Balaban J connectivity index is 1.42. The number of aryl methyl sites for hydroxylation is 2. The highest BCUT2D eigenvalue weighted by Gasteiger charge is 2.49. The number of ether oxygens (including phenoxy) is 2. The van der Waals surface area contributed by atoms with Crippen LogP contribution in [-0.2, 0) is 9.47 Å². The number of hydrogen-bond acceptors (Lipinski definition) is 12. The third-order valence-electron chi connectivity index (χ3n) is 6.49. The van der Waals surface area contributed by atoms with Gasteiger partial charge in [-0.1, -0.05) is 16.8 Å². The second kappa shape index (κ2) is 10.0. The average molecular weight is 575 g/mol. The Labute approximate surface area is 229 Å². The number of nitrogens with zero attached hydrogens (tertiary/aromatic N) is 8. The predicted octanol–water partition coefficient (Wildman–Crippen LogP) is 2.91. The number of benzene rings is 1. The number of fused-ring (bicyclic) bond motifs is 1. The Morgan fingerprint density at radius 3 is 2.76 bits per heavy atom. The minimum Gasteiger partial charge on any atom is -0.394 e. The average Bonchev–Trinajstić information content (AvgIpc) is 3.69. The SMILES string of the molecule is CO[C@@H]1[C@@H](n2cc(-c3nc(Cl)cs3)nn2)[C@@H](O)[C@@H](CO)O[C@H]1c1nnc(C)n1-c1ccc2nc(C)sc2c1. The lowest BCUT2D eigenvalue weighted by atomic mass is 9.92. The fourth-order valence-corrected chi connectivity index (χ4v) is 6.57. The fraction of sp³-hybridized carbons (Fsp3) is 0.391. The third kappa shape index (κ3) is 4.31. The maximum atomic E-state index is 11.2. The Morgan fingerprint density at radius 1 is 1.18 bits per heavy atom. The molecule has 1 aliphatic rings. The molecule has 0 amide bonds. The first-order valence-electron chi connectivity index (χ1n) is 11.7. The molecule has 6 rings (SSSR count). The zero-order valence-corrected chi connectivity index (χ0v) is 22.9. The molecule has 2 N–H and O–H groups in total. The monoisotopic (exact) mass is 574 g/mol. The number of aliphatic hydroxyl groups is 2. The molecule has 0 radical (unpaired) electrons. The van der Waals surface area contributed by atoms with Crippen LogP contribution in [0.1, 0.15) is 28.8 Å². The third-order valence-corrected chi connectivity index (χ3v) is 8.61. The van der Waals surface area contributed by atoms with E-state index in [-0.39, 0.29) is 0 Å². The Hall–Kier alpha value is -2.85. The minimum absolute atomic E-state index is 0.363. The largest absolute Gasteiger partial charge is 0.394 e. The van der Waals surface area contributed by atoms with Gasteiger partial charge < -0.3 is 19.7 Å². The highest BCUT2D eigenvalue weighted by molar-refractivity contribution is 7.18. The van der Waals surface area contributed by atoms with Crippen LogP contribution in [-0.4, -0.2) is 82.0 Å². The standard InChI is InChI=1S/C23H23ClN8O4S2/c1-10-27-29-22(32(10)12-4-5-13-16(6-12)38-11(2)25-13)21-20(35-3)18(19(34)15(8-33)36-21)31-7-14(28-30-31)23-26-17(24)9-37-23/h4-7,9,15,18-21,33-34H,8H2,1-3H3/t15-,18+,19+,20-,21-/m1/s1. The number of thiazole rings is 2. The van der Waals surface area contributed by atoms with E-state index in [0.717, 1.165) is 20.9 Å². The first-order valence-corrected chi connectivity index (χ1v) is 13.7. The molecule has 5 aromatic rings. The minimum atomic E-state index is -1.15. The summed E-state index contributed by atoms with van der Waals surface area (Å²) in [5, 5.41) is 42.2. The van der Waals surface area contributed by atoms with Gasteiger partial charge in [-0.25, -0.2) is 14.6 Å². The summed E-state index contributed by atoms with van der Waals surface area (Å²) in [4.78, 5) is 8.79. The molecular formula is C23H23ClN8O4S2. The van der Waals surface area contributed by atoms with E-state index in [2.05, 4.69) is 30.5 Å². The molecule has 198 valence electrons. The smallest absolute Gasteiger partial charge is 0.169 e. The van der Waals surface area contributed by atoms with Crippen LogP contribution in [0.2, 0.25) is 5.15 Å². The van der Waals surface area contributed by atoms with Crippen molar-refractivity contribution in [1.29, 1.82) is 0 Å². The van der Waals surface area contributed by atoms with Crippen LogP contribution in [0, 0.1) is 13.8 Å². The molecule has 1 aromatic carbocycles. The van der Waals surface area contributed by atoms with Gasteiger partial charge in [0.2, 0.25) is 0 Å². The van der Waals surface area contributed by atoms with E-state index in [1.165, 1.54) is 23.1 Å². The molecule has 1 saturated heterocycles. The van der Waals surface area contributed by atoms with Crippen molar-refractivity contribution in [3.63, 3.8) is 0 Å². The summed E-state index contributed by atoms with van der Waals surface area (Å²) >= 11 is 8.92. The number of hydrogen-bond donors (Lipinski definition) is 2. The Bertz CT molecular complexity index is 1600. The molecule has 1 fully saturated rings. The number of halogens is 1. The summed E-state index contributed by atoms with van der Waals surface area (Å²) in [7, 11) is 1.53. The number of rotatable bonds is 6. The summed E-state index contributed by atoms with van der Waals surface area (Å²) in [5.74, 6) is 1.11. The van der Waals surface area contributed by atoms with E-state index >= 15 is 0 Å². The number of aromatic nitrogens is 8. The summed E-state index contributed by atoms with van der Waals surface area (Å²) in [6.07, 6.45) is -1.96. The molecule has 0 aliphatic carbocycles. The second-order valence-electron chi connectivity index (χ2n) is 8.84. The summed E-state index contributed by atoms with van der Waals surface area (Å²) in [6.45, 7) is 3.40. The second-order valence-corrected chi connectivity index (χ2v) is 11.3. The van der Waals surface area contributed by atoms with Crippen molar-refractivity contribution in [1.82, 2.24) is 39.7 Å². The van der Waals surface area contributed by atoms with Crippen molar-refractivity contribution in [2.24, 2.45) is 0 Å². The van der Waals surface area contributed by atoms with Gasteiger partial charge in [0.1, 0.15) is 52.1 Å². The first kappa shape index (κ1) is 25.4. The highest BCUT2D eigenvalue weighted by Crippen LogP contribution is 2.40. The number of methoxy groups -OCH3 is 1. The van der Waals surface area contributed by atoms with E-state index < -0.39 is 37.1 Å². The molecule has 5 atom stereocenters. The lowest BCUT2D eigenvalue weighted by Crippen LogP contribution is -2.53. The molecule has 0 spiro atoms. The highest BCUT2D eigenvalue weighted by atomic mass is 35.5. The lowest BCUT2D eigenvalue weighted by molar-refractivity contribution is -0.217. The van der Waals surface area contributed by atoms with Gasteiger partial charge in [-0.15, -0.1) is 38.0 Å². The molecular weight excluding hydrogens is 552 g/mol. The molecule has 0 unspecified atom stereocenters. The topological polar surface area (TPSA) is 146 Å². The molecule has 12 nitrogen and oxygen atoms in total. The van der Waals surface area contributed by atoms with Crippen molar-refractivity contribution in [2.75, 3.05) is 13.7 Å². The van der Waals surface area contributed by atoms with Crippen LogP contribution in [0.5, 0.6) is 0 Å². The quantitative estimate of drug-likeness (QED) is 0.310. The number of aliphatic hydroxyl groups excluding tert-OH is 2. The van der Waals surface area contributed by atoms with Gasteiger partial charge in [-0.2, -0.15) is 0 Å². The molecule has 5 heterocycles. The normalized spacial score (nSPS) is 23.9. The Morgan fingerprint density at radius 2 is 2.03 bits per heavy atom. The van der Waals surface area contributed by atoms with Gasteiger partial charge in [-0.05, 0) is 32.0 Å². The van der Waals surface area contributed by atoms with Crippen molar-refractivity contribution in [3.8, 4) is 16.4 Å². The van der Waals surface area contributed by atoms with E-state index in [1.807, 2.05) is 36.6 Å². The molecule has 38 heavy (non-hydrogen) atoms. The maximum absolute atomic E-state index is 11.2. The van der Waals surface area contributed by atoms with Gasteiger partial charge >= 0.3 is 0 Å². The van der Waals surface area contributed by atoms with Crippen LogP contribution in [0.4, 0.5) is 0 Å². The van der Waals surface area contributed by atoms with Crippen LogP contribution in [0.25, 0.3) is 26.6 Å². The van der Waals surface area contributed by atoms with Gasteiger partial charge in [0, 0.05) is 12.5 Å². The summed E-state index contributed by atoms with van der Waals surface area (Å²) in [6, 6.07) is 5.18.